The number of nitrogens with one attached hydrogen (secondary N) is 1. The minimum Gasteiger partial charge on any atom is -0.490 e. The van der Waals surface area contributed by atoms with E-state index in [1.54, 1.807) is 30.3 Å². The molecule has 118 valence electrons. The fourth-order valence-corrected chi connectivity index (χ4v) is 2.55. The lowest BCUT2D eigenvalue weighted by Crippen LogP contribution is -2.11. The fourth-order valence-electron chi connectivity index (χ4n) is 2.20. The Labute approximate surface area is 142 Å². The van der Waals surface area contributed by atoms with Crippen LogP contribution < -0.4 is 10.1 Å². The SMILES string of the molecule is CCOc1cccc2cc(C(=O)Nc3cccc(Cl)c3Cl)oc12. The van der Waals surface area contributed by atoms with Crippen molar-refractivity contribution in [2.75, 3.05) is 11.9 Å². The van der Waals surface area contributed by atoms with E-state index in [-0.39, 0.29) is 10.8 Å². The summed E-state index contributed by atoms with van der Waals surface area (Å²) in [6.45, 7) is 2.40. The van der Waals surface area contributed by atoms with Gasteiger partial charge in [0, 0.05) is 5.39 Å². The highest BCUT2D eigenvalue weighted by molar-refractivity contribution is 6.44. The molecule has 1 amide bonds. The first-order valence-electron chi connectivity index (χ1n) is 7.01. The average Bonchev–Trinajstić information content (AvgIpc) is 2.97. The van der Waals surface area contributed by atoms with Gasteiger partial charge in [0.1, 0.15) is 0 Å². The second-order valence-electron chi connectivity index (χ2n) is 4.77. The molecule has 0 bridgehead atoms. The Hall–Kier alpha value is -2.17. The summed E-state index contributed by atoms with van der Waals surface area (Å²) in [4.78, 5) is 12.4. The number of halogens is 2. The molecule has 6 heteroatoms. The molecule has 0 saturated carbocycles. The van der Waals surface area contributed by atoms with Crippen molar-refractivity contribution in [2.24, 2.45) is 0 Å². The number of hydrogen-bond donors (Lipinski definition) is 1. The number of carbonyl (C=O) groups is 1. The zero-order chi connectivity index (χ0) is 16.4. The van der Waals surface area contributed by atoms with Crippen LogP contribution in [0.4, 0.5) is 5.69 Å². The number of benzene rings is 2. The van der Waals surface area contributed by atoms with Gasteiger partial charge in [0.15, 0.2) is 17.1 Å². The van der Waals surface area contributed by atoms with Gasteiger partial charge in [0.05, 0.1) is 22.3 Å². The normalized spacial score (nSPS) is 10.7. The summed E-state index contributed by atoms with van der Waals surface area (Å²) >= 11 is 12.0. The summed E-state index contributed by atoms with van der Waals surface area (Å²) < 4.78 is 11.1. The van der Waals surface area contributed by atoms with Crippen LogP contribution in [-0.2, 0) is 0 Å². The third-order valence-corrected chi connectivity index (χ3v) is 4.05. The Morgan fingerprint density at radius 1 is 1.22 bits per heavy atom. The van der Waals surface area contributed by atoms with Crippen LogP contribution in [0.1, 0.15) is 17.5 Å². The van der Waals surface area contributed by atoms with E-state index in [1.165, 1.54) is 0 Å². The molecule has 0 spiro atoms. The van der Waals surface area contributed by atoms with Crippen LogP contribution in [0.15, 0.2) is 46.9 Å². The largest absolute Gasteiger partial charge is 0.490 e. The Morgan fingerprint density at radius 3 is 2.78 bits per heavy atom. The minimum atomic E-state index is -0.409. The van der Waals surface area contributed by atoms with Crippen molar-refractivity contribution in [3.05, 3.63) is 58.3 Å². The first-order valence-corrected chi connectivity index (χ1v) is 7.76. The van der Waals surface area contributed by atoms with Crippen molar-refractivity contribution >= 4 is 45.8 Å². The van der Waals surface area contributed by atoms with Crippen LogP contribution >= 0.6 is 23.2 Å². The van der Waals surface area contributed by atoms with E-state index in [0.29, 0.717) is 28.6 Å². The summed E-state index contributed by atoms with van der Waals surface area (Å²) in [7, 11) is 0. The van der Waals surface area contributed by atoms with Gasteiger partial charge in [-0.05, 0) is 31.2 Å². The van der Waals surface area contributed by atoms with Crippen molar-refractivity contribution in [3.8, 4) is 5.75 Å². The van der Waals surface area contributed by atoms with Crippen molar-refractivity contribution in [1.29, 1.82) is 0 Å². The maximum Gasteiger partial charge on any atom is 0.291 e. The highest BCUT2D eigenvalue weighted by Gasteiger charge is 2.16. The number of carbonyl (C=O) groups excluding carboxylic acids is 1. The molecule has 0 atom stereocenters. The molecule has 0 fully saturated rings. The number of para-hydroxylation sites is 1. The maximum absolute atomic E-state index is 12.4. The molecule has 1 heterocycles. The zero-order valence-electron chi connectivity index (χ0n) is 12.2. The predicted octanol–water partition coefficient (Wildman–Crippen LogP) is 5.39. The highest BCUT2D eigenvalue weighted by atomic mass is 35.5. The number of ether oxygens (including phenoxy) is 1. The number of hydrogen-bond acceptors (Lipinski definition) is 3. The van der Waals surface area contributed by atoms with Gasteiger partial charge in [0.2, 0.25) is 0 Å². The zero-order valence-corrected chi connectivity index (χ0v) is 13.7. The van der Waals surface area contributed by atoms with Gasteiger partial charge in [0.25, 0.3) is 5.91 Å². The van der Waals surface area contributed by atoms with E-state index in [2.05, 4.69) is 5.32 Å². The van der Waals surface area contributed by atoms with Gasteiger partial charge < -0.3 is 14.5 Å². The van der Waals surface area contributed by atoms with Crippen LogP contribution in [0.3, 0.4) is 0 Å². The molecular formula is C17H13Cl2NO3. The second-order valence-corrected chi connectivity index (χ2v) is 5.56. The molecule has 0 aliphatic carbocycles. The molecule has 0 radical (unpaired) electrons. The Kier molecular flexibility index (Phi) is 4.46. The van der Waals surface area contributed by atoms with Gasteiger partial charge in [-0.2, -0.15) is 0 Å². The first-order chi connectivity index (χ1) is 11.1. The molecule has 23 heavy (non-hydrogen) atoms. The van der Waals surface area contributed by atoms with E-state index in [1.807, 2.05) is 19.1 Å². The summed E-state index contributed by atoms with van der Waals surface area (Å²) in [5.74, 6) is 0.362. The molecule has 0 aliphatic rings. The topological polar surface area (TPSA) is 51.5 Å². The molecule has 2 aromatic carbocycles. The second kappa shape index (κ2) is 6.52. The van der Waals surface area contributed by atoms with Crippen molar-refractivity contribution in [1.82, 2.24) is 0 Å². The Morgan fingerprint density at radius 2 is 2.00 bits per heavy atom. The van der Waals surface area contributed by atoms with Gasteiger partial charge >= 0.3 is 0 Å². The quantitative estimate of drug-likeness (QED) is 0.686. The van der Waals surface area contributed by atoms with E-state index < -0.39 is 5.91 Å². The Bertz CT molecular complexity index is 873. The number of fused-ring (bicyclic) bond motifs is 1. The van der Waals surface area contributed by atoms with Gasteiger partial charge in [-0.15, -0.1) is 0 Å². The molecular weight excluding hydrogens is 337 g/mol. The standard InChI is InChI=1S/C17H13Cl2NO3/c1-2-22-13-8-3-5-10-9-14(23-16(10)13)17(21)20-12-7-4-6-11(18)15(12)19/h3-9H,2H2,1H3,(H,20,21). The highest BCUT2D eigenvalue weighted by Crippen LogP contribution is 2.32. The third kappa shape index (κ3) is 3.14. The van der Waals surface area contributed by atoms with Gasteiger partial charge in [-0.3, -0.25) is 4.79 Å². The van der Waals surface area contributed by atoms with Crippen LogP contribution in [0.2, 0.25) is 10.0 Å². The van der Waals surface area contributed by atoms with E-state index in [9.17, 15) is 4.79 Å². The molecule has 3 aromatic rings. The summed E-state index contributed by atoms with van der Waals surface area (Å²) in [6, 6.07) is 12.2. The van der Waals surface area contributed by atoms with Crippen LogP contribution in [0.5, 0.6) is 5.75 Å². The van der Waals surface area contributed by atoms with Crippen LogP contribution in [0.25, 0.3) is 11.0 Å². The maximum atomic E-state index is 12.4. The van der Waals surface area contributed by atoms with Crippen LogP contribution in [0, 0.1) is 0 Å². The smallest absolute Gasteiger partial charge is 0.291 e. The number of amides is 1. The average molecular weight is 350 g/mol. The molecule has 0 saturated heterocycles. The molecule has 4 nitrogen and oxygen atoms in total. The number of anilines is 1. The van der Waals surface area contributed by atoms with E-state index in [0.717, 1.165) is 5.39 Å². The lowest BCUT2D eigenvalue weighted by Gasteiger charge is -2.06. The Balaban J connectivity index is 1.92. The lowest BCUT2D eigenvalue weighted by atomic mass is 10.2. The summed E-state index contributed by atoms with van der Waals surface area (Å²) in [5.41, 5.74) is 0.964. The summed E-state index contributed by atoms with van der Waals surface area (Å²) in [5, 5.41) is 4.13. The fraction of sp³-hybridized carbons (Fsp3) is 0.118. The van der Waals surface area contributed by atoms with Crippen molar-refractivity contribution < 1.29 is 13.9 Å². The van der Waals surface area contributed by atoms with E-state index in [4.69, 9.17) is 32.4 Å². The minimum absolute atomic E-state index is 0.170. The van der Waals surface area contributed by atoms with E-state index >= 15 is 0 Å². The van der Waals surface area contributed by atoms with Gasteiger partial charge in [-0.25, -0.2) is 0 Å². The number of furan rings is 1. The summed E-state index contributed by atoms with van der Waals surface area (Å²) in [6.07, 6.45) is 0. The molecule has 3 rings (SSSR count). The molecule has 1 N–H and O–H groups in total. The van der Waals surface area contributed by atoms with Crippen molar-refractivity contribution in [3.63, 3.8) is 0 Å². The molecule has 0 aliphatic heterocycles. The predicted molar refractivity (Wildman–Crippen MR) is 91.8 cm³/mol. The first kappa shape index (κ1) is 15.7. The molecule has 0 unspecified atom stereocenters. The third-order valence-electron chi connectivity index (χ3n) is 3.23. The number of rotatable bonds is 4. The van der Waals surface area contributed by atoms with Gasteiger partial charge in [-0.1, -0.05) is 41.4 Å². The lowest BCUT2D eigenvalue weighted by molar-refractivity contribution is 0.0998. The van der Waals surface area contributed by atoms with Crippen LogP contribution in [-0.4, -0.2) is 12.5 Å². The van der Waals surface area contributed by atoms with Crippen molar-refractivity contribution in [2.45, 2.75) is 6.92 Å². The monoisotopic (exact) mass is 349 g/mol. The molecule has 1 aromatic heterocycles.